The number of carbonyl (C=O) groups excluding carboxylic acids is 2. The summed E-state index contributed by atoms with van der Waals surface area (Å²) in [5, 5.41) is 2.56. The lowest BCUT2D eigenvalue weighted by atomic mass is 9.93. The Morgan fingerprint density at radius 1 is 0.395 bits per heavy atom. The van der Waals surface area contributed by atoms with Gasteiger partial charge in [-0.3, -0.25) is 9.59 Å². The molecule has 0 spiro atoms. The van der Waals surface area contributed by atoms with Gasteiger partial charge in [0.25, 0.3) is 11.8 Å². The number of hydrogen-bond donors (Lipinski definition) is 2. The lowest BCUT2D eigenvalue weighted by molar-refractivity contribution is -0.387. The van der Waals surface area contributed by atoms with Gasteiger partial charge < -0.3 is 10.6 Å². The van der Waals surface area contributed by atoms with Crippen LogP contribution in [0.3, 0.4) is 0 Å². The van der Waals surface area contributed by atoms with E-state index in [4.69, 9.17) is 0 Å². The Bertz CT molecular complexity index is 733. The molecule has 0 saturated carbocycles. The second kappa shape index (κ2) is 19.6. The molecule has 0 radical (unpaired) electrons. The Kier molecular flexibility index (Phi) is 18.8. The number of hydrogen-bond acceptors (Lipinski definition) is 2. The van der Waals surface area contributed by atoms with Crippen LogP contribution in [0.5, 0.6) is 0 Å². The van der Waals surface area contributed by atoms with Crippen LogP contribution in [0.25, 0.3) is 0 Å². The molecule has 43 heavy (non-hydrogen) atoms. The molecule has 0 aliphatic rings. The van der Waals surface area contributed by atoms with Crippen LogP contribution < -0.4 is 10.6 Å². The van der Waals surface area contributed by atoms with Gasteiger partial charge in [0.05, 0.1) is 0 Å². The summed E-state index contributed by atoms with van der Waals surface area (Å²) in [6.07, 6.45) is 13.8. The van der Waals surface area contributed by atoms with E-state index in [0.717, 1.165) is 77.0 Å². The molecule has 0 aromatic heterocycles. The smallest absolute Gasteiger partial charge is 0.351 e. The van der Waals surface area contributed by atoms with E-state index in [2.05, 4.69) is 13.8 Å². The van der Waals surface area contributed by atoms with Crippen molar-refractivity contribution in [2.45, 2.75) is 159 Å². The predicted octanol–water partition coefficient (Wildman–Crippen LogP) is 9.46. The van der Waals surface area contributed by atoms with Crippen LogP contribution in [0.4, 0.5) is 43.9 Å². The lowest BCUT2D eigenvalue weighted by Gasteiger charge is -2.38. The molecule has 0 aromatic rings. The third-order valence-corrected chi connectivity index (χ3v) is 7.28. The molecule has 0 rings (SSSR count). The van der Waals surface area contributed by atoms with Gasteiger partial charge >= 0.3 is 29.6 Å². The van der Waals surface area contributed by atoms with E-state index in [1.165, 1.54) is 10.6 Å². The van der Waals surface area contributed by atoms with Gasteiger partial charge in [-0.05, 0) is 12.8 Å². The minimum Gasteiger partial charge on any atom is -0.351 e. The fourth-order valence-corrected chi connectivity index (χ4v) is 4.37. The molecule has 0 atom stereocenters. The van der Waals surface area contributed by atoms with Crippen molar-refractivity contribution in [2.24, 2.45) is 0 Å². The highest BCUT2D eigenvalue weighted by Crippen LogP contribution is 2.57. The molecule has 0 bridgehead atoms. The molecule has 4 nitrogen and oxygen atoms in total. The highest BCUT2D eigenvalue weighted by molar-refractivity contribution is 5.86. The maximum Gasteiger partial charge on any atom is 0.392 e. The van der Waals surface area contributed by atoms with Crippen LogP contribution in [0.15, 0.2) is 0 Å². The number of alkyl halides is 10. The first kappa shape index (κ1) is 41.2. The second-order valence-corrected chi connectivity index (χ2v) is 11.0. The van der Waals surface area contributed by atoms with E-state index >= 15 is 0 Å². The van der Waals surface area contributed by atoms with Gasteiger partial charge in [0.2, 0.25) is 0 Å². The molecule has 0 aliphatic heterocycles. The van der Waals surface area contributed by atoms with E-state index in [1.54, 1.807) is 0 Å². The summed E-state index contributed by atoms with van der Waals surface area (Å²) in [4.78, 5) is 23.3. The number of amides is 2. The van der Waals surface area contributed by atoms with Crippen molar-refractivity contribution in [1.29, 1.82) is 0 Å². The van der Waals surface area contributed by atoms with Crippen molar-refractivity contribution in [1.82, 2.24) is 10.6 Å². The quantitative estimate of drug-likeness (QED) is 0.0727. The van der Waals surface area contributed by atoms with E-state index in [-0.39, 0.29) is 12.8 Å². The summed E-state index contributed by atoms with van der Waals surface area (Å²) < 4.78 is 141. The van der Waals surface area contributed by atoms with E-state index in [0.29, 0.717) is 25.7 Å². The number of nitrogens with one attached hydrogen (secondary N) is 2. The van der Waals surface area contributed by atoms with Gasteiger partial charge in [-0.15, -0.1) is 0 Å². The molecular weight excluding hydrogens is 598 g/mol. The molecule has 256 valence electrons. The first-order valence-electron chi connectivity index (χ1n) is 15.4. The topological polar surface area (TPSA) is 58.2 Å². The van der Waals surface area contributed by atoms with E-state index in [1.807, 2.05) is 0 Å². The van der Waals surface area contributed by atoms with Crippen molar-refractivity contribution >= 4 is 11.8 Å². The van der Waals surface area contributed by atoms with Crippen molar-refractivity contribution < 1.29 is 53.5 Å². The molecule has 2 amide bonds. The average molecular weight is 647 g/mol. The van der Waals surface area contributed by atoms with Crippen LogP contribution in [-0.4, -0.2) is 54.5 Å². The molecule has 0 aliphatic carbocycles. The molecule has 2 N–H and O–H groups in total. The molecule has 14 heteroatoms. The van der Waals surface area contributed by atoms with Crippen LogP contribution in [0.1, 0.15) is 129 Å². The zero-order valence-corrected chi connectivity index (χ0v) is 25.2. The third kappa shape index (κ3) is 11.9. The molecule has 0 fully saturated rings. The first-order chi connectivity index (χ1) is 20.0. The van der Waals surface area contributed by atoms with Gasteiger partial charge in [0.1, 0.15) is 0 Å². The van der Waals surface area contributed by atoms with Crippen molar-refractivity contribution in [3.63, 3.8) is 0 Å². The zero-order chi connectivity index (χ0) is 33.2. The number of unbranched alkanes of at least 4 members (excludes halogenated alkanes) is 16. The van der Waals surface area contributed by atoms with Gasteiger partial charge in [-0.2, -0.15) is 43.9 Å². The normalized spacial score (nSPS) is 13.3. The first-order valence-corrected chi connectivity index (χ1v) is 15.4. The minimum absolute atomic E-state index is 0.00606. The molecule has 0 saturated heterocycles. The fraction of sp³-hybridized carbons (Fsp3) is 0.931. The zero-order valence-electron chi connectivity index (χ0n) is 25.2. The Hall–Kier alpha value is -1.76. The number of halogens is 10. The predicted molar refractivity (Wildman–Crippen MR) is 145 cm³/mol. The minimum atomic E-state index is -7.49. The SMILES string of the molecule is CCCCCCCCCCCNC(=O)C(F)(F)C(F)(F)C(F)(F)C(F)(F)C(F)(F)C(=O)NCCCCCCCCCCC. The summed E-state index contributed by atoms with van der Waals surface area (Å²) in [5.74, 6) is -41.1. The van der Waals surface area contributed by atoms with Crippen molar-refractivity contribution in [3.8, 4) is 0 Å². The largest absolute Gasteiger partial charge is 0.392 e. The van der Waals surface area contributed by atoms with Gasteiger partial charge in [-0.1, -0.05) is 117 Å². The van der Waals surface area contributed by atoms with Crippen LogP contribution >= 0.6 is 0 Å². The highest BCUT2D eigenvalue weighted by Gasteiger charge is 2.88. The summed E-state index contributed by atoms with van der Waals surface area (Å²) >= 11 is 0. The average Bonchev–Trinajstić information content (AvgIpc) is 2.94. The second-order valence-electron chi connectivity index (χ2n) is 11.0. The van der Waals surface area contributed by atoms with E-state index in [9.17, 15) is 53.5 Å². The Labute approximate surface area is 248 Å². The van der Waals surface area contributed by atoms with Crippen molar-refractivity contribution in [2.75, 3.05) is 13.1 Å². The van der Waals surface area contributed by atoms with Gasteiger partial charge in [-0.25, -0.2) is 0 Å². The molecule has 0 heterocycles. The fourth-order valence-electron chi connectivity index (χ4n) is 4.37. The molecule has 0 unspecified atom stereocenters. The maximum atomic E-state index is 14.1. The summed E-state index contributed by atoms with van der Waals surface area (Å²) in [5.41, 5.74) is 0. The Morgan fingerprint density at radius 3 is 0.884 bits per heavy atom. The Balaban J connectivity index is 4.96. The maximum absolute atomic E-state index is 14.1. The van der Waals surface area contributed by atoms with Gasteiger partial charge in [0.15, 0.2) is 0 Å². The van der Waals surface area contributed by atoms with Gasteiger partial charge in [0, 0.05) is 13.1 Å². The lowest BCUT2D eigenvalue weighted by Crippen LogP contribution is -2.71. The standard InChI is InChI=1S/C29H48F10N2O2/c1-3-5-7-9-11-13-15-17-19-21-40-23(42)25(30,31)27(34,35)29(38,39)28(36,37)26(32,33)24(43)41-22-20-18-16-14-12-10-8-6-4-2/h3-22H2,1-2H3,(H,40,42)(H,41,43). The Morgan fingerprint density at radius 2 is 0.628 bits per heavy atom. The monoisotopic (exact) mass is 646 g/mol. The van der Waals surface area contributed by atoms with Crippen LogP contribution in [0.2, 0.25) is 0 Å². The van der Waals surface area contributed by atoms with Crippen LogP contribution in [0, 0.1) is 0 Å². The van der Waals surface area contributed by atoms with Crippen LogP contribution in [-0.2, 0) is 9.59 Å². The van der Waals surface area contributed by atoms with Crippen molar-refractivity contribution in [3.05, 3.63) is 0 Å². The highest BCUT2D eigenvalue weighted by atomic mass is 19.4. The summed E-state index contributed by atoms with van der Waals surface area (Å²) in [6, 6.07) is 0. The number of rotatable bonds is 26. The molecule has 0 aromatic carbocycles. The van der Waals surface area contributed by atoms with E-state index < -0.39 is 54.5 Å². The third-order valence-electron chi connectivity index (χ3n) is 7.28. The number of carbonyl (C=O) groups is 2. The summed E-state index contributed by atoms with van der Waals surface area (Å²) in [7, 11) is 0. The molecular formula is C29H48F10N2O2. The summed E-state index contributed by atoms with van der Waals surface area (Å²) in [6.45, 7) is 2.79.